The van der Waals surface area contributed by atoms with Gasteiger partial charge in [-0.05, 0) is 30.4 Å². The summed E-state index contributed by atoms with van der Waals surface area (Å²) in [6.07, 6.45) is -2.35. The van der Waals surface area contributed by atoms with Gasteiger partial charge in [0.15, 0.2) is 6.61 Å². The Kier molecular flexibility index (Phi) is 3.24. The zero-order chi connectivity index (χ0) is 13.3. The van der Waals surface area contributed by atoms with Crippen LogP contribution in [-0.4, -0.2) is 12.8 Å². The molecule has 2 nitrogen and oxygen atoms in total. The molecule has 18 heavy (non-hydrogen) atoms. The molecule has 1 aliphatic carbocycles. The highest BCUT2D eigenvalue weighted by Gasteiger charge is 2.31. The molecule has 98 valence electrons. The van der Waals surface area contributed by atoms with E-state index in [1.165, 1.54) is 6.07 Å². The van der Waals surface area contributed by atoms with E-state index in [1.54, 1.807) is 12.1 Å². The molecule has 2 rings (SSSR count). The van der Waals surface area contributed by atoms with Crippen LogP contribution in [0.5, 0.6) is 5.75 Å². The Hall–Kier alpha value is -1.65. The van der Waals surface area contributed by atoms with Gasteiger partial charge >= 0.3 is 6.18 Å². The van der Waals surface area contributed by atoms with Crippen molar-refractivity contribution in [3.8, 4) is 5.75 Å². The Morgan fingerprint density at radius 2 is 2.06 bits per heavy atom. The number of hydrogen-bond donors (Lipinski definition) is 1. The van der Waals surface area contributed by atoms with E-state index in [-0.39, 0.29) is 5.75 Å². The van der Waals surface area contributed by atoms with Crippen LogP contribution < -0.4 is 10.5 Å². The zero-order valence-corrected chi connectivity index (χ0v) is 9.76. The second kappa shape index (κ2) is 4.55. The molecule has 0 unspecified atom stereocenters. The number of halogens is 3. The number of benzene rings is 1. The van der Waals surface area contributed by atoms with Gasteiger partial charge in [0.05, 0.1) is 0 Å². The average molecular weight is 257 g/mol. The van der Waals surface area contributed by atoms with Crippen molar-refractivity contribution in [1.29, 1.82) is 0 Å². The van der Waals surface area contributed by atoms with Crippen molar-refractivity contribution in [3.05, 3.63) is 35.9 Å². The first-order chi connectivity index (χ1) is 8.37. The van der Waals surface area contributed by atoms with E-state index in [0.717, 1.165) is 18.4 Å². The third kappa shape index (κ3) is 3.18. The van der Waals surface area contributed by atoms with Crippen LogP contribution in [0.1, 0.15) is 29.9 Å². The monoisotopic (exact) mass is 257 g/mol. The molecule has 1 aromatic rings. The summed E-state index contributed by atoms with van der Waals surface area (Å²) < 4.78 is 41.4. The van der Waals surface area contributed by atoms with Gasteiger partial charge < -0.3 is 10.5 Å². The van der Waals surface area contributed by atoms with Gasteiger partial charge in [0, 0.05) is 11.3 Å². The lowest BCUT2D eigenvalue weighted by molar-refractivity contribution is -0.153. The van der Waals surface area contributed by atoms with E-state index in [0.29, 0.717) is 17.2 Å². The number of nitrogens with two attached hydrogens (primary N) is 1. The molecule has 5 heteroatoms. The summed E-state index contributed by atoms with van der Waals surface area (Å²) in [5.41, 5.74) is 7.27. The van der Waals surface area contributed by atoms with Crippen LogP contribution in [0.15, 0.2) is 24.8 Å². The van der Waals surface area contributed by atoms with Crippen molar-refractivity contribution in [3.63, 3.8) is 0 Å². The van der Waals surface area contributed by atoms with Crippen molar-refractivity contribution in [1.82, 2.24) is 0 Å². The Morgan fingerprint density at radius 1 is 1.39 bits per heavy atom. The Labute approximate surface area is 103 Å². The lowest BCUT2D eigenvalue weighted by Gasteiger charge is -2.14. The van der Waals surface area contributed by atoms with Crippen molar-refractivity contribution in [2.75, 3.05) is 6.61 Å². The molecule has 1 fully saturated rings. The van der Waals surface area contributed by atoms with E-state index in [4.69, 9.17) is 10.5 Å². The molecule has 0 amide bonds. The predicted octanol–water partition coefficient (Wildman–Crippen LogP) is 3.43. The standard InChI is InChI=1S/C13H14F3NO/c1-8(17)10-4-5-11(9-2-3-9)12(6-10)18-7-13(14,15)16/h4-6,9H,1-3,7,17H2. The maximum atomic E-state index is 12.2. The fourth-order valence-electron chi connectivity index (χ4n) is 1.75. The SMILES string of the molecule is C=C(N)c1ccc(C2CC2)c(OCC(F)(F)F)c1. The minimum atomic E-state index is -4.34. The first-order valence-electron chi connectivity index (χ1n) is 5.65. The number of alkyl halides is 3. The maximum absolute atomic E-state index is 12.2. The molecular weight excluding hydrogens is 243 g/mol. The second-order valence-corrected chi connectivity index (χ2v) is 4.46. The van der Waals surface area contributed by atoms with Crippen molar-refractivity contribution < 1.29 is 17.9 Å². The Balaban J connectivity index is 2.23. The van der Waals surface area contributed by atoms with Gasteiger partial charge in [-0.1, -0.05) is 18.7 Å². The molecular formula is C13H14F3NO. The third-order valence-corrected chi connectivity index (χ3v) is 2.79. The lowest BCUT2D eigenvalue weighted by Crippen LogP contribution is -2.19. The average Bonchev–Trinajstić information content (AvgIpc) is 3.08. The highest BCUT2D eigenvalue weighted by atomic mass is 19.4. The van der Waals surface area contributed by atoms with E-state index < -0.39 is 12.8 Å². The minimum Gasteiger partial charge on any atom is -0.484 e. The zero-order valence-electron chi connectivity index (χ0n) is 9.76. The van der Waals surface area contributed by atoms with Gasteiger partial charge in [0.25, 0.3) is 0 Å². The summed E-state index contributed by atoms with van der Waals surface area (Å²) in [7, 11) is 0. The molecule has 1 saturated carbocycles. The molecule has 0 heterocycles. The fraction of sp³-hybridized carbons (Fsp3) is 0.385. The minimum absolute atomic E-state index is 0.263. The summed E-state index contributed by atoms with van der Waals surface area (Å²) in [6, 6.07) is 5.06. The Bertz CT molecular complexity index is 464. The third-order valence-electron chi connectivity index (χ3n) is 2.79. The molecule has 0 bridgehead atoms. The number of hydrogen-bond acceptors (Lipinski definition) is 2. The lowest BCUT2D eigenvalue weighted by atomic mass is 10.1. The number of ether oxygens (including phenoxy) is 1. The van der Waals surface area contributed by atoms with E-state index in [2.05, 4.69) is 6.58 Å². The molecule has 2 N–H and O–H groups in total. The molecule has 1 aliphatic rings. The van der Waals surface area contributed by atoms with Crippen LogP contribution in [0.4, 0.5) is 13.2 Å². The van der Waals surface area contributed by atoms with Gasteiger partial charge in [-0.2, -0.15) is 13.2 Å². The van der Waals surface area contributed by atoms with Crippen LogP contribution in [0.2, 0.25) is 0 Å². The van der Waals surface area contributed by atoms with Gasteiger partial charge in [0.2, 0.25) is 0 Å². The topological polar surface area (TPSA) is 35.2 Å². The summed E-state index contributed by atoms with van der Waals surface area (Å²) >= 11 is 0. The first-order valence-corrected chi connectivity index (χ1v) is 5.65. The fourth-order valence-corrected chi connectivity index (χ4v) is 1.75. The summed E-state index contributed by atoms with van der Waals surface area (Å²) in [5, 5.41) is 0. The normalized spacial score (nSPS) is 15.5. The largest absolute Gasteiger partial charge is 0.484 e. The van der Waals surface area contributed by atoms with Crippen molar-refractivity contribution >= 4 is 5.70 Å². The predicted molar refractivity (Wildman–Crippen MR) is 63.2 cm³/mol. The molecule has 0 saturated heterocycles. The van der Waals surface area contributed by atoms with E-state index in [1.807, 2.05) is 0 Å². The summed E-state index contributed by atoms with van der Waals surface area (Å²) in [4.78, 5) is 0. The maximum Gasteiger partial charge on any atom is 0.422 e. The van der Waals surface area contributed by atoms with Crippen LogP contribution >= 0.6 is 0 Å². The van der Waals surface area contributed by atoms with Gasteiger partial charge in [-0.3, -0.25) is 0 Å². The molecule has 1 aromatic carbocycles. The smallest absolute Gasteiger partial charge is 0.422 e. The van der Waals surface area contributed by atoms with Crippen LogP contribution in [-0.2, 0) is 0 Å². The summed E-state index contributed by atoms with van der Waals surface area (Å²) in [6.45, 7) is 2.28. The van der Waals surface area contributed by atoms with Crippen LogP contribution in [0, 0.1) is 0 Å². The van der Waals surface area contributed by atoms with Gasteiger partial charge in [-0.25, -0.2) is 0 Å². The van der Waals surface area contributed by atoms with Gasteiger partial charge in [0.1, 0.15) is 5.75 Å². The second-order valence-electron chi connectivity index (χ2n) is 4.46. The van der Waals surface area contributed by atoms with Crippen molar-refractivity contribution in [2.45, 2.75) is 24.9 Å². The Morgan fingerprint density at radius 3 is 2.56 bits per heavy atom. The van der Waals surface area contributed by atoms with Crippen LogP contribution in [0.3, 0.4) is 0 Å². The molecule has 0 spiro atoms. The molecule has 0 atom stereocenters. The van der Waals surface area contributed by atoms with Crippen LogP contribution in [0.25, 0.3) is 5.70 Å². The molecule has 0 radical (unpaired) electrons. The number of rotatable bonds is 4. The van der Waals surface area contributed by atoms with E-state index in [9.17, 15) is 13.2 Å². The quantitative estimate of drug-likeness (QED) is 0.896. The first kappa shape index (κ1) is 12.8. The highest BCUT2D eigenvalue weighted by molar-refractivity contribution is 5.63. The molecule has 0 aromatic heterocycles. The summed E-state index contributed by atoms with van der Waals surface area (Å²) in [5.74, 6) is 0.576. The molecule has 0 aliphatic heterocycles. The van der Waals surface area contributed by atoms with Crippen molar-refractivity contribution in [2.24, 2.45) is 5.73 Å². The van der Waals surface area contributed by atoms with E-state index >= 15 is 0 Å². The van der Waals surface area contributed by atoms with Gasteiger partial charge in [-0.15, -0.1) is 0 Å². The highest BCUT2D eigenvalue weighted by Crippen LogP contribution is 2.45.